The number of carbonyl (C=O) groups excluding carboxylic acids is 5. The van der Waals surface area contributed by atoms with Gasteiger partial charge in [0.25, 0.3) is 0 Å². The van der Waals surface area contributed by atoms with Crippen LogP contribution in [0, 0.1) is 0 Å². The average Bonchev–Trinajstić information content (AvgIpc) is 3.00. The molecule has 12 nitrogen and oxygen atoms in total. The van der Waals surface area contributed by atoms with Gasteiger partial charge in [0.2, 0.25) is 29.5 Å². The number of nitrogens with two attached hydrogens (primary N) is 1. The van der Waals surface area contributed by atoms with Gasteiger partial charge in [0.05, 0.1) is 12.6 Å². The second kappa shape index (κ2) is 16.5. The van der Waals surface area contributed by atoms with Gasteiger partial charge in [0, 0.05) is 19.5 Å². The van der Waals surface area contributed by atoms with Crippen molar-refractivity contribution in [1.82, 2.24) is 26.2 Å². The summed E-state index contributed by atoms with van der Waals surface area (Å²) in [7, 11) is 0. The first-order chi connectivity index (χ1) is 20.6. The quantitative estimate of drug-likeness (QED) is 0.168. The Bertz CT molecular complexity index is 1260. The van der Waals surface area contributed by atoms with Crippen LogP contribution in [0.3, 0.4) is 0 Å². The summed E-state index contributed by atoms with van der Waals surface area (Å²) >= 11 is 1.58. The van der Waals surface area contributed by atoms with Gasteiger partial charge in [0.15, 0.2) is 0 Å². The number of nitrogens with zero attached hydrogens (tertiary/aromatic N) is 1. The number of phenols is 1. The number of piperazine rings is 1. The molecule has 1 heterocycles. The Morgan fingerprint density at radius 2 is 1.70 bits per heavy atom. The lowest BCUT2D eigenvalue weighted by Crippen LogP contribution is -2.62. The maximum Gasteiger partial charge on any atom is 0.246 e. The van der Waals surface area contributed by atoms with Gasteiger partial charge in [-0.3, -0.25) is 24.0 Å². The van der Waals surface area contributed by atoms with Crippen LogP contribution in [0.2, 0.25) is 0 Å². The predicted molar refractivity (Wildman–Crippen MR) is 164 cm³/mol. The first-order valence-electron chi connectivity index (χ1n) is 14.1. The topological polar surface area (TPSA) is 183 Å². The summed E-state index contributed by atoms with van der Waals surface area (Å²) in [5.41, 5.74) is 7.55. The number of aromatic hydroxyl groups is 1. The number of rotatable bonds is 14. The minimum absolute atomic E-state index is 0.0982. The van der Waals surface area contributed by atoms with Crippen LogP contribution in [0.4, 0.5) is 0 Å². The standard InChI is InChI=1S/C30H40N6O6S/c1-19(34-28(40)23(31)16-21-8-10-22(37)11-9-21)27(39)33-18-26(38)35-24(17-20-6-4-3-5-7-20)30(42)36-14-13-32-29(41)25(36)12-15-43-2/h3-11,19,23-25,37H,12-18,31H2,1-2H3,(H,32,41)(H,33,39)(H,34,40)(H,35,38)/t19-,23+,24+,25?/m1/s1. The molecular formula is C30H40N6O6S. The molecule has 1 unspecified atom stereocenters. The highest BCUT2D eigenvalue weighted by Crippen LogP contribution is 2.15. The lowest BCUT2D eigenvalue weighted by Gasteiger charge is -2.37. The smallest absolute Gasteiger partial charge is 0.246 e. The molecule has 43 heavy (non-hydrogen) atoms. The van der Waals surface area contributed by atoms with E-state index in [2.05, 4.69) is 21.3 Å². The number of nitrogens with one attached hydrogen (secondary N) is 4. The molecule has 232 valence electrons. The third-order valence-electron chi connectivity index (χ3n) is 7.03. The fourth-order valence-electron chi connectivity index (χ4n) is 4.68. The Hall–Kier alpha value is -4.10. The summed E-state index contributed by atoms with van der Waals surface area (Å²) in [5.74, 6) is -1.53. The van der Waals surface area contributed by atoms with Crippen LogP contribution in [-0.4, -0.2) is 95.4 Å². The number of amides is 5. The molecule has 1 fully saturated rings. The van der Waals surface area contributed by atoms with E-state index < -0.39 is 48.4 Å². The number of carbonyl (C=O) groups is 5. The number of thioether (sulfide) groups is 1. The highest BCUT2D eigenvalue weighted by atomic mass is 32.2. The minimum atomic E-state index is -0.975. The molecule has 0 bridgehead atoms. The molecule has 1 saturated heterocycles. The molecule has 4 atom stereocenters. The molecule has 2 aromatic rings. The van der Waals surface area contributed by atoms with Crippen LogP contribution >= 0.6 is 11.8 Å². The molecule has 0 aromatic heterocycles. The van der Waals surface area contributed by atoms with Crippen LogP contribution in [0.5, 0.6) is 5.75 Å². The van der Waals surface area contributed by atoms with Crippen molar-refractivity contribution in [3.05, 3.63) is 65.7 Å². The third kappa shape index (κ3) is 10.3. The van der Waals surface area contributed by atoms with Gasteiger partial charge in [-0.15, -0.1) is 0 Å². The van der Waals surface area contributed by atoms with E-state index in [4.69, 9.17) is 5.73 Å². The van der Waals surface area contributed by atoms with Crippen molar-refractivity contribution in [2.24, 2.45) is 5.73 Å². The molecule has 0 aliphatic carbocycles. The zero-order valence-electron chi connectivity index (χ0n) is 24.4. The summed E-state index contributed by atoms with van der Waals surface area (Å²) in [6.45, 7) is 1.70. The summed E-state index contributed by atoms with van der Waals surface area (Å²) in [6, 6.07) is 12.0. The fourth-order valence-corrected chi connectivity index (χ4v) is 5.13. The number of phenolic OH excluding ortho intramolecular Hbond substituents is 1. The first-order valence-corrected chi connectivity index (χ1v) is 15.5. The Morgan fingerprint density at radius 1 is 1.02 bits per heavy atom. The summed E-state index contributed by atoms with van der Waals surface area (Å²) in [5, 5.41) is 20.0. The molecule has 0 spiro atoms. The SMILES string of the molecule is CSCCC1C(=O)NCCN1C(=O)[C@H](Cc1ccccc1)NC(=O)CNC(=O)[C@@H](C)NC(=O)[C@@H](N)Cc1ccc(O)cc1. The van der Waals surface area contributed by atoms with Crippen molar-refractivity contribution >= 4 is 41.3 Å². The number of hydrogen-bond donors (Lipinski definition) is 6. The van der Waals surface area contributed by atoms with E-state index in [1.165, 1.54) is 24.0 Å². The summed E-state index contributed by atoms with van der Waals surface area (Å²) < 4.78 is 0. The molecule has 1 aliphatic rings. The van der Waals surface area contributed by atoms with Crippen molar-refractivity contribution in [2.45, 2.75) is 50.4 Å². The van der Waals surface area contributed by atoms with Crippen LogP contribution in [0.1, 0.15) is 24.5 Å². The van der Waals surface area contributed by atoms with Crippen LogP contribution < -0.4 is 27.0 Å². The van der Waals surface area contributed by atoms with Gasteiger partial charge in [-0.25, -0.2) is 0 Å². The Balaban J connectivity index is 1.58. The van der Waals surface area contributed by atoms with E-state index in [1.54, 1.807) is 23.9 Å². The zero-order chi connectivity index (χ0) is 31.4. The zero-order valence-corrected chi connectivity index (χ0v) is 25.2. The normalized spacial score (nSPS) is 16.8. The Labute approximate surface area is 255 Å². The van der Waals surface area contributed by atoms with Gasteiger partial charge in [-0.05, 0) is 55.0 Å². The van der Waals surface area contributed by atoms with E-state index in [0.29, 0.717) is 25.3 Å². The molecule has 0 saturated carbocycles. The van der Waals surface area contributed by atoms with Crippen LogP contribution in [-0.2, 0) is 36.8 Å². The summed E-state index contributed by atoms with van der Waals surface area (Å²) in [6.07, 6.45) is 2.83. The lowest BCUT2D eigenvalue weighted by molar-refractivity contribution is -0.145. The van der Waals surface area contributed by atoms with E-state index in [9.17, 15) is 29.1 Å². The van der Waals surface area contributed by atoms with Crippen LogP contribution in [0.25, 0.3) is 0 Å². The Morgan fingerprint density at radius 3 is 2.37 bits per heavy atom. The Kier molecular flexibility index (Phi) is 12.8. The van der Waals surface area contributed by atoms with Crippen LogP contribution in [0.15, 0.2) is 54.6 Å². The maximum atomic E-state index is 13.7. The van der Waals surface area contributed by atoms with Gasteiger partial charge in [-0.1, -0.05) is 42.5 Å². The number of benzene rings is 2. The third-order valence-corrected chi connectivity index (χ3v) is 7.67. The minimum Gasteiger partial charge on any atom is -0.508 e. The monoisotopic (exact) mass is 612 g/mol. The molecule has 7 N–H and O–H groups in total. The van der Waals surface area contributed by atoms with Gasteiger partial charge < -0.3 is 37.0 Å². The van der Waals surface area contributed by atoms with E-state index in [1.807, 2.05) is 36.6 Å². The predicted octanol–water partition coefficient (Wildman–Crippen LogP) is -0.309. The lowest BCUT2D eigenvalue weighted by atomic mass is 10.0. The van der Waals surface area contributed by atoms with Crippen molar-refractivity contribution in [1.29, 1.82) is 0 Å². The average molecular weight is 613 g/mol. The summed E-state index contributed by atoms with van der Waals surface area (Å²) in [4.78, 5) is 65.9. The van der Waals surface area contributed by atoms with Gasteiger partial charge in [0.1, 0.15) is 23.9 Å². The second-order valence-electron chi connectivity index (χ2n) is 10.4. The second-order valence-corrected chi connectivity index (χ2v) is 11.3. The number of hydrogen-bond acceptors (Lipinski definition) is 8. The molecule has 3 rings (SSSR count). The van der Waals surface area contributed by atoms with E-state index >= 15 is 0 Å². The maximum absolute atomic E-state index is 13.7. The molecule has 2 aromatic carbocycles. The van der Waals surface area contributed by atoms with Gasteiger partial charge >= 0.3 is 0 Å². The molecule has 13 heteroatoms. The van der Waals surface area contributed by atoms with Crippen molar-refractivity contribution in [3.63, 3.8) is 0 Å². The largest absolute Gasteiger partial charge is 0.508 e. The van der Waals surface area contributed by atoms with Crippen molar-refractivity contribution in [3.8, 4) is 5.75 Å². The molecule has 0 radical (unpaired) electrons. The first kappa shape index (κ1) is 33.4. The molecule has 1 aliphatic heterocycles. The van der Waals surface area contributed by atoms with Gasteiger partial charge in [-0.2, -0.15) is 11.8 Å². The molecular weight excluding hydrogens is 572 g/mol. The fraction of sp³-hybridized carbons (Fsp3) is 0.433. The van der Waals surface area contributed by atoms with E-state index in [0.717, 1.165) is 11.1 Å². The van der Waals surface area contributed by atoms with E-state index in [-0.39, 0.29) is 30.4 Å². The van der Waals surface area contributed by atoms with Crippen molar-refractivity contribution in [2.75, 3.05) is 31.6 Å². The highest BCUT2D eigenvalue weighted by Gasteiger charge is 2.36. The van der Waals surface area contributed by atoms with Crippen molar-refractivity contribution < 1.29 is 29.1 Å². The highest BCUT2D eigenvalue weighted by molar-refractivity contribution is 7.98. The molecule has 5 amide bonds.